The minimum absolute atomic E-state index is 0.0600. The van der Waals surface area contributed by atoms with Crippen LogP contribution < -0.4 is 9.47 Å². The Hall–Kier alpha value is -3.15. The molecule has 0 unspecified atom stereocenters. The summed E-state index contributed by atoms with van der Waals surface area (Å²) in [6.45, 7) is 2.28. The largest absolute Gasteiger partial charge is 0.493 e. The van der Waals surface area contributed by atoms with E-state index in [2.05, 4.69) is 4.99 Å². The summed E-state index contributed by atoms with van der Waals surface area (Å²) in [6.07, 6.45) is 1.53. The van der Waals surface area contributed by atoms with Crippen LogP contribution in [-0.2, 0) is 9.53 Å². The van der Waals surface area contributed by atoms with Crippen LogP contribution in [0.4, 0.5) is 4.39 Å². The van der Waals surface area contributed by atoms with E-state index in [0.29, 0.717) is 23.7 Å². The van der Waals surface area contributed by atoms with Gasteiger partial charge in [0.05, 0.1) is 19.3 Å². The predicted octanol–water partition coefficient (Wildman–Crippen LogP) is 3.58. The second kappa shape index (κ2) is 7.17. The van der Waals surface area contributed by atoms with Crippen LogP contribution in [0.25, 0.3) is 6.08 Å². The summed E-state index contributed by atoms with van der Waals surface area (Å²) in [5.41, 5.74) is 0.814. The van der Waals surface area contributed by atoms with E-state index in [1.54, 1.807) is 30.3 Å². The lowest BCUT2D eigenvalue weighted by Gasteiger charge is -2.11. The van der Waals surface area contributed by atoms with Gasteiger partial charge in [-0.3, -0.25) is 0 Å². The summed E-state index contributed by atoms with van der Waals surface area (Å²) < 4.78 is 29.8. The molecule has 0 amide bonds. The van der Waals surface area contributed by atoms with E-state index >= 15 is 0 Å². The minimum atomic E-state index is -0.650. The Morgan fingerprint density at radius 3 is 2.72 bits per heavy atom. The number of esters is 1. The van der Waals surface area contributed by atoms with Crippen molar-refractivity contribution < 1.29 is 23.4 Å². The maximum Gasteiger partial charge on any atom is 0.363 e. The van der Waals surface area contributed by atoms with Gasteiger partial charge in [-0.2, -0.15) is 0 Å². The van der Waals surface area contributed by atoms with Gasteiger partial charge >= 0.3 is 5.97 Å². The molecule has 25 heavy (non-hydrogen) atoms. The molecule has 1 aliphatic heterocycles. The minimum Gasteiger partial charge on any atom is -0.493 e. The molecule has 0 spiro atoms. The van der Waals surface area contributed by atoms with Gasteiger partial charge in [0.2, 0.25) is 5.90 Å². The van der Waals surface area contributed by atoms with Crippen LogP contribution in [0, 0.1) is 5.82 Å². The molecule has 0 radical (unpaired) electrons. The van der Waals surface area contributed by atoms with Crippen molar-refractivity contribution in [3.05, 3.63) is 65.1 Å². The number of hydrogen-bond acceptors (Lipinski definition) is 5. The fourth-order valence-corrected chi connectivity index (χ4v) is 2.41. The Morgan fingerprint density at radius 2 is 2.00 bits per heavy atom. The number of methoxy groups -OCH3 is 1. The van der Waals surface area contributed by atoms with Crippen molar-refractivity contribution in [2.24, 2.45) is 4.99 Å². The van der Waals surface area contributed by atoms with Crippen molar-refractivity contribution in [1.82, 2.24) is 0 Å². The van der Waals surface area contributed by atoms with Crippen molar-refractivity contribution in [3.63, 3.8) is 0 Å². The van der Waals surface area contributed by atoms with Crippen molar-refractivity contribution in [1.29, 1.82) is 0 Å². The van der Waals surface area contributed by atoms with E-state index in [1.807, 2.05) is 6.92 Å². The SMILES string of the molecule is CCOc1c(/C=C2/N=C(c3ccccc3F)OC2=O)cccc1OC. The molecule has 128 valence electrons. The van der Waals surface area contributed by atoms with E-state index in [1.165, 1.54) is 25.3 Å². The number of carbonyl (C=O) groups is 1. The van der Waals surface area contributed by atoms with Crippen molar-refractivity contribution in [2.45, 2.75) is 6.92 Å². The highest BCUT2D eigenvalue weighted by Gasteiger charge is 2.26. The number of halogens is 1. The molecule has 0 aromatic heterocycles. The highest BCUT2D eigenvalue weighted by Crippen LogP contribution is 2.33. The molecule has 2 aromatic rings. The lowest BCUT2D eigenvalue weighted by atomic mass is 10.1. The van der Waals surface area contributed by atoms with E-state index in [9.17, 15) is 9.18 Å². The molecule has 0 aliphatic carbocycles. The summed E-state index contributed by atoms with van der Waals surface area (Å²) >= 11 is 0. The highest BCUT2D eigenvalue weighted by atomic mass is 19.1. The number of para-hydroxylation sites is 1. The van der Waals surface area contributed by atoms with Crippen LogP contribution >= 0.6 is 0 Å². The van der Waals surface area contributed by atoms with Crippen molar-refractivity contribution in [3.8, 4) is 11.5 Å². The van der Waals surface area contributed by atoms with E-state index in [-0.39, 0.29) is 17.2 Å². The second-order valence-electron chi connectivity index (χ2n) is 5.13. The molecule has 0 N–H and O–H groups in total. The average Bonchev–Trinajstić information content (AvgIpc) is 2.97. The second-order valence-corrected chi connectivity index (χ2v) is 5.13. The van der Waals surface area contributed by atoms with Gasteiger partial charge in [-0.25, -0.2) is 14.2 Å². The average molecular weight is 341 g/mol. The summed E-state index contributed by atoms with van der Waals surface area (Å²) in [4.78, 5) is 16.2. The zero-order valence-corrected chi connectivity index (χ0v) is 13.8. The number of carbonyl (C=O) groups excluding carboxylic acids is 1. The number of nitrogens with zero attached hydrogens (tertiary/aromatic N) is 1. The monoisotopic (exact) mass is 341 g/mol. The Kier molecular flexibility index (Phi) is 4.79. The third kappa shape index (κ3) is 3.38. The van der Waals surface area contributed by atoms with Crippen LogP contribution in [0.1, 0.15) is 18.1 Å². The fraction of sp³-hybridized carbons (Fsp3) is 0.158. The highest BCUT2D eigenvalue weighted by molar-refractivity contribution is 6.13. The van der Waals surface area contributed by atoms with Gasteiger partial charge in [-0.05, 0) is 31.2 Å². The number of aliphatic imine (C=N–C) groups is 1. The van der Waals surface area contributed by atoms with Gasteiger partial charge in [-0.1, -0.05) is 24.3 Å². The van der Waals surface area contributed by atoms with Gasteiger partial charge in [0.1, 0.15) is 5.82 Å². The number of hydrogen-bond donors (Lipinski definition) is 0. The lowest BCUT2D eigenvalue weighted by Crippen LogP contribution is -2.07. The molecule has 0 atom stereocenters. The number of rotatable bonds is 5. The molecule has 1 aliphatic rings. The first-order valence-corrected chi connectivity index (χ1v) is 7.71. The summed E-state index contributed by atoms with van der Waals surface area (Å²) in [6, 6.07) is 11.3. The van der Waals surface area contributed by atoms with Crippen molar-refractivity contribution in [2.75, 3.05) is 13.7 Å². The first-order valence-electron chi connectivity index (χ1n) is 7.71. The number of cyclic esters (lactones) is 1. The molecular formula is C19H16FNO4. The Bertz CT molecular complexity index is 873. The van der Waals surface area contributed by atoms with E-state index < -0.39 is 11.8 Å². The Labute approximate surface area is 144 Å². The van der Waals surface area contributed by atoms with Gasteiger partial charge in [0.15, 0.2) is 17.2 Å². The number of ether oxygens (including phenoxy) is 3. The third-order valence-corrected chi connectivity index (χ3v) is 3.53. The van der Waals surface area contributed by atoms with Gasteiger partial charge in [-0.15, -0.1) is 0 Å². The molecule has 2 aromatic carbocycles. The first-order chi connectivity index (χ1) is 12.1. The third-order valence-electron chi connectivity index (χ3n) is 3.53. The zero-order chi connectivity index (χ0) is 17.8. The Balaban J connectivity index is 2.02. The van der Waals surface area contributed by atoms with Crippen molar-refractivity contribution >= 4 is 17.9 Å². The zero-order valence-electron chi connectivity index (χ0n) is 13.8. The van der Waals surface area contributed by atoms with Gasteiger partial charge < -0.3 is 14.2 Å². The maximum absolute atomic E-state index is 13.9. The summed E-state index contributed by atoms with van der Waals surface area (Å²) in [5.74, 6) is -0.173. The maximum atomic E-state index is 13.9. The standard InChI is InChI=1S/C19H16FNO4/c1-3-24-17-12(7-6-10-16(17)23-2)11-15-19(22)25-18(21-15)13-8-4-5-9-14(13)20/h4-11H,3H2,1-2H3/b15-11+. The molecule has 3 rings (SSSR count). The van der Waals surface area contributed by atoms with Crippen LogP contribution in [0.5, 0.6) is 11.5 Å². The predicted molar refractivity (Wildman–Crippen MR) is 91.2 cm³/mol. The van der Waals surface area contributed by atoms with Crippen LogP contribution in [0.15, 0.2) is 53.2 Å². The normalized spacial score (nSPS) is 15.1. The van der Waals surface area contributed by atoms with E-state index in [4.69, 9.17) is 14.2 Å². The quantitative estimate of drug-likeness (QED) is 0.616. The molecule has 0 saturated carbocycles. The van der Waals surface area contributed by atoms with Crippen LogP contribution in [0.3, 0.4) is 0 Å². The smallest absolute Gasteiger partial charge is 0.363 e. The molecule has 6 heteroatoms. The molecular weight excluding hydrogens is 325 g/mol. The molecule has 0 bridgehead atoms. The summed E-state index contributed by atoms with van der Waals surface area (Å²) in [7, 11) is 1.53. The van der Waals surface area contributed by atoms with Gasteiger partial charge in [0, 0.05) is 5.56 Å². The molecule has 5 nitrogen and oxygen atoms in total. The molecule has 0 saturated heterocycles. The molecule has 1 heterocycles. The fourth-order valence-electron chi connectivity index (χ4n) is 2.41. The topological polar surface area (TPSA) is 57.1 Å². The lowest BCUT2D eigenvalue weighted by molar-refractivity contribution is -0.129. The first kappa shape index (κ1) is 16.7. The van der Waals surface area contributed by atoms with E-state index in [0.717, 1.165) is 0 Å². The molecule has 0 fully saturated rings. The number of benzene rings is 2. The van der Waals surface area contributed by atoms with Crippen LogP contribution in [0.2, 0.25) is 0 Å². The Morgan fingerprint density at radius 1 is 1.20 bits per heavy atom. The van der Waals surface area contributed by atoms with Crippen LogP contribution in [-0.4, -0.2) is 25.6 Å². The van der Waals surface area contributed by atoms with Gasteiger partial charge in [0.25, 0.3) is 0 Å². The summed E-state index contributed by atoms with van der Waals surface area (Å²) in [5, 5.41) is 0.